The summed E-state index contributed by atoms with van der Waals surface area (Å²) < 4.78 is 45.8. The molecule has 1 N–H and O–H groups in total. The summed E-state index contributed by atoms with van der Waals surface area (Å²) in [5.74, 6) is 0.0123. The molecule has 2 aliphatic rings. The van der Waals surface area contributed by atoms with Crippen LogP contribution in [0.25, 0.3) is 0 Å². The van der Waals surface area contributed by atoms with Gasteiger partial charge in [0.05, 0.1) is 36.3 Å². The molecule has 6 heteroatoms. The first kappa shape index (κ1) is 17.9. The third kappa shape index (κ3) is 3.40. The molecule has 3 nitrogen and oxygen atoms in total. The number of benzene rings is 2. The molecule has 2 aromatic carbocycles. The van der Waals surface area contributed by atoms with Gasteiger partial charge in [-0.15, -0.1) is 0 Å². The van der Waals surface area contributed by atoms with Crippen molar-refractivity contribution in [1.29, 1.82) is 5.26 Å². The zero-order valence-electron chi connectivity index (χ0n) is 14.5. The molecule has 1 saturated heterocycles. The van der Waals surface area contributed by atoms with Crippen LogP contribution in [0.15, 0.2) is 48.5 Å². The van der Waals surface area contributed by atoms with Gasteiger partial charge in [-0.05, 0) is 36.6 Å². The van der Waals surface area contributed by atoms with Crippen LogP contribution in [0.4, 0.5) is 18.9 Å². The van der Waals surface area contributed by atoms with E-state index in [4.69, 9.17) is 10.00 Å². The Balaban J connectivity index is 1.76. The van der Waals surface area contributed by atoms with Gasteiger partial charge in [-0.2, -0.15) is 18.4 Å². The fraction of sp³-hybridized carbons (Fsp3) is 0.381. The van der Waals surface area contributed by atoms with Crippen molar-refractivity contribution in [2.75, 3.05) is 5.32 Å². The zero-order valence-corrected chi connectivity index (χ0v) is 14.5. The topological polar surface area (TPSA) is 45.0 Å². The number of nitriles is 1. The van der Waals surface area contributed by atoms with Gasteiger partial charge in [0.2, 0.25) is 0 Å². The van der Waals surface area contributed by atoms with Gasteiger partial charge < -0.3 is 10.1 Å². The monoisotopic (exact) mass is 372 g/mol. The second-order valence-electron chi connectivity index (χ2n) is 7.11. The highest BCUT2D eigenvalue weighted by atomic mass is 19.4. The van der Waals surface area contributed by atoms with Gasteiger partial charge in [-0.25, -0.2) is 0 Å². The summed E-state index contributed by atoms with van der Waals surface area (Å²) in [6, 6.07) is 15.7. The summed E-state index contributed by atoms with van der Waals surface area (Å²) >= 11 is 0. The summed E-state index contributed by atoms with van der Waals surface area (Å²) in [5, 5.41) is 12.4. The summed E-state index contributed by atoms with van der Waals surface area (Å²) in [7, 11) is 0. The highest BCUT2D eigenvalue weighted by Gasteiger charge is 2.43. The fourth-order valence-corrected chi connectivity index (χ4v) is 4.17. The van der Waals surface area contributed by atoms with Crippen LogP contribution >= 0.6 is 0 Å². The van der Waals surface area contributed by atoms with Crippen molar-refractivity contribution in [3.05, 3.63) is 65.2 Å². The van der Waals surface area contributed by atoms with E-state index in [0.29, 0.717) is 11.3 Å². The lowest BCUT2D eigenvalue weighted by Gasteiger charge is -2.45. The van der Waals surface area contributed by atoms with Crippen molar-refractivity contribution in [2.24, 2.45) is 5.92 Å². The Morgan fingerprint density at radius 3 is 2.59 bits per heavy atom. The van der Waals surface area contributed by atoms with Gasteiger partial charge in [0, 0.05) is 17.2 Å². The van der Waals surface area contributed by atoms with Gasteiger partial charge in [0.15, 0.2) is 0 Å². The molecule has 27 heavy (non-hydrogen) atoms. The van der Waals surface area contributed by atoms with Crippen molar-refractivity contribution < 1.29 is 17.9 Å². The summed E-state index contributed by atoms with van der Waals surface area (Å²) in [6.07, 6.45) is -3.33. The lowest BCUT2D eigenvalue weighted by molar-refractivity contribution is -0.138. The van der Waals surface area contributed by atoms with Crippen molar-refractivity contribution in [1.82, 2.24) is 0 Å². The first-order valence-corrected chi connectivity index (χ1v) is 9.02. The Bertz CT molecular complexity index is 860. The molecule has 2 heterocycles. The molecule has 1 unspecified atom stereocenters. The van der Waals surface area contributed by atoms with Crippen LogP contribution in [0, 0.1) is 17.2 Å². The van der Waals surface area contributed by atoms with Crippen LogP contribution in [-0.4, -0.2) is 6.10 Å². The molecule has 0 aliphatic carbocycles. The second kappa shape index (κ2) is 6.90. The number of alkyl halides is 3. The third-order valence-corrected chi connectivity index (χ3v) is 5.45. The minimum absolute atomic E-state index is 0.0123. The van der Waals surface area contributed by atoms with E-state index >= 15 is 0 Å². The lowest BCUT2D eigenvalue weighted by atomic mass is 9.76. The van der Waals surface area contributed by atoms with E-state index in [0.717, 1.165) is 24.5 Å². The first-order chi connectivity index (χ1) is 13.0. The number of ether oxygens (including phenoxy) is 1. The largest absolute Gasteiger partial charge is 0.416 e. The Morgan fingerprint density at radius 2 is 1.89 bits per heavy atom. The summed E-state index contributed by atoms with van der Waals surface area (Å²) in [6.45, 7) is 0. The molecule has 0 radical (unpaired) electrons. The van der Waals surface area contributed by atoms with E-state index in [-0.39, 0.29) is 24.5 Å². The molecule has 4 atom stereocenters. The Kier molecular flexibility index (Phi) is 4.56. The number of hydrogen-bond acceptors (Lipinski definition) is 3. The minimum Gasteiger partial charge on any atom is -0.378 e. The lowest BCUT2D eigenvalue weighted by Crippen LogP contribution is -2.39. The maximum Gasteiger partial charge on any atom is 0.416 e. The normalized spacial score (nSPS) is 27.0. The quantitative estimate of drug-likeness (QED) is 0.744. The van der Waals surface area contributed by atoms with E-state index in [9.17, 15) is 13.2 Å². The molecule has 0 bridgehead atoms. The molecular weight excluding hydrogens is 353 g/mol. The minimum atomic E-state index is -4.40. The predicted molar refractivity (Wildman–Crippen MR) is 94.8 cm³/mol. The second-order valence-corrected chi connectivity index (χ2v) is 7.11. The molecule has 0 spiro atoms. The predicted octanol–water partition coefficient (Wildman–Crippen LogP) is 5.62. The third-order valence-electron chi connectivity index (χ3n) is 5.45. The van der Waals surface area contributed by atoms with Crippen LogP contribution in [0.3, 0.4) is 0 Å². The molecule has 4 rings (SSSR count). The standard InChI is InChI=1S/C21H19F3N2O/c22-21(23,24)14-6-9-18-17(12-14)20-16(8-7-15(27-20)10-11-25)19(26-18)13-4-2-1-3-5-13/h1-6,9,12,15-16,19-20,26H,7-8,10H2/t15-,16+,19+,20?/m1/s1. The first-order valence-electron chi connectivity index (χ1n) is 9.02. The van der Waals surface area contributed by atoms with Crippen molar-refractivity contribution in [3.8, 4) is 6.07 Å². The van der Waals surface area contributed by atoms with E-state index in [1.165, 1.54) is 12.1 Å². The van der Waals surface area contributed by atoms with Gasteiger partial charge in [0.25, 0.3) is 0 Å². The zero-order chi connectivity index (χ0) is 19.0. The van der Waals surface area contributed by atoms with Crippen LogP contribution < -0.4 is 5.32 Å². The van der Waals surface area contributed by atoms with Crippen LogP contribution in [0.2, 0.25) is 0 Å². The maximum absolute atomic E-state index is 13.2. The Hall–Kier alpha value is -2.52. The molecule has 0 aromatic heterocycles. The van der Waals surface area contributed by atoms with Gasteiger partial charge >= 0.3 is 6.18 Å². The molecular formula is C21H19F3N2O. The molecule has 2 aromatic rings. The van der Waals surface area contributed by atoms with E-state index in [1.54, 1.807) is 0 Å². The summed E-state index contributed by atoms with van der Waals surface area (Å²) in [4.78, 5) is 0. The number of anilines is 1. The smallest absolute Gasteiger partial charge is 0.378 e. The number of nitrogens with zero attached hydrogens (tertiary/aromatic N) is 1. The molecule has 0 amide bonds. The highest BCUT2D eigenvalue weighted by Crippen LogP contribution is 2.51. The van der Waals surface area contributed by atoms with E-state index in [1.807, 2.05) is 30.3 Å². The van der Waals surface area contributed by atoms with E-state index < -0.39 is 17.8 Å². The average Bonchev–Trinajstić information content (AvgIpc) is 2.67. The number of fused-ring (bicyclic) bond motifs is 3. The van der Waals surface area contributed by atoms with Gasteiger partial charge in [0.1, 0.15) is 0 Å². The van der Waals surface area contributed by atoms with E-state index in [2.05, 4.69) is 11.4 Å². The maximum atomic E-state index is 13.2. The van der Waals surface area contributed by atoms with Crippen molar-refractivity contribution >= 4 is 5.69 Å². The number of halogens is 3. The number of nitrogens with one attached hydrogen (secondary N) is 1. The fourth-order valence-electron chi connectivity index (χ4n) is 4.17. The molecule has 1 fully saturated rings. The van der Waals surface area contributed by atoms with Crippen molar-refractivity contribution in [3.63, 3.8) is 0 Å². The highest BCUT2D eigenvalue weighted by molar-refractivity contribution is 5.58. The molecule has 2 aliphatic heterocycles. The van der Waals surface area contributed by atoms with Crippen LogP contribution in [0.1, 0.15) is 48.1 Å². The Morgan fingerprint density at radius 1 is 1.11 bits per heavy atom. The van der Waals surface area contributed by atoms with Crippen molar-refractivity contribution in [2.45, 2.75) is 43.7 Å². The van der Waals surface area contributed by atoms with Crippen LogP contribution in [-0.2, 0) is 10.9 Å². The molecule has 140 valence electrons. The average molecular weight is 372 g/mol. The number of rotatable bonds is 2. The van der Waals surface area contributed by atoms with Crippen LogP contribution in [0.5, 0.6) is 0 Å². The Labute approximate surface area is 155 Å². The summed E-state index contributed by atoms with van der Waals surface area (Å²) in [5.41, 5.74) is 1.60. The van der Waals surface area contributed by atoms with Gasteiger partial charge in [-0.1, -0.05) is 30.3 Å². The van der Waals surface area contributed by atoms with Gasteiger partial charge in [-0.3, -0.25) is 0 Å². The number of hydrogen-bond donors (Lipinski definition) is 1. The SMILES string of the molecule is N#CC[C@H]1CC[C@@H]2C(O1)c1cc(C(F)(F)F)ccc1N[C@H]2c1ccccc1. The molecule has 0 saturated carbocycles.